The molecule has 1 unspecified atom stereocenters. The predicted molar refractivity (Wildman–Crippen MR) is 184 cm³/mol. The van der Waals surface area contributed by atoms with E-state index in [1.165, 1.54) is 14.2 Å². The zero-order chi connectivity index (χ0) is 31.4. The van der Waals surface area contributed by atoms with Crippen LogP contribution in [0.1, 0.15) is 27.0 Å². The Balaban J connectivity index is 0.00000480. The Bertz CT molecular complexity index is 1610. The molecule has 5 aromatic carbocycles. The first-order chi connectivity index (χ1) is 22.1. The first kappa shape index (κ1) is 34.5. The van der Waals surface area contributed by atoms with Gasteiger partial charge in [0, 0.05) is 24.3 Å². The van der Waals surface area contributed by atoms with Crippen LogP contribution in [0.4, 0.5) is 0 Å². The van der Waals surface area contributed by atoms with Gasteiger partial charge in [0.15, 0.2) is 5.52 Å². The molecule has 0 N–H and O–H groups in total. The number of ether oxygens (including phenoxy) is 6. The summed E-state index contributed by atoms with van der Waals surface area (Å²) >= 11 is 0. The molecule has 0 aliphatic rings. The fraction of sp³-hybridized carbons (Fsp3) is 0.162. The van der Waals surface area contributed by atoms with Crippen LogP contribution in [-0.2, 0) is 19.8 Å². The van der Waals surface area contributed by atoms with E-state index >= 15 is 0 Å². The summed E-state index contributed by atoms with van der Waals surface area (Å²) in [6.07, 6.45) is 0. The van der Waals surface area contributed by atoms with Crippen molar-refractivity contribution in [2.45, 2.75) is 19.8 Å². The molecule has 5 rings (SSSR count). The zero-order valence-electron chi connectivity index (χ0n) is 25.4. The first-order valence-corrected chi connectivity index (χ1v) is 15.4. The molecule has 5 aromatic rings. The SMILES string of the molecule is COc1cc(OC)c(C(=O)Pc2c(OCc3ccccc3)cc(OCc3ccccc3)cc2OCc2ccccc2)c(OC)c1.[LiH]. The van der Waals surface area contributed by atoms with Gasteiger partial charge in [-0.2, -0.15) is 0 Å². The quantitative estimate of drug-likeness (QED) is 0.0917. The third-order valence-corrected chi connectivity index (χ3v) is 8.16. The number of hydrogen-bond donors (Lipinski definition) is 0. The molecule has 0 saturated carbocycles. The van der Waals surface area contributed by atoms with Gasteiger partial charge in [-0.1, -0.05) is 91.0 Å². The molecule has 0 heterocycles. The van der Waals surface area contributed by atoms with Crippen molar-refractivity contribution < 1.29 is 33.2 Å². The summed E-state index contributed by atoms with van der Waals surface area (Å²) in [5.41, 5.74) is 3.10. The van der Waals surface area contributed by atoms with Crippen molar-refractivity contribution in [2.75, 3.05) is 21.3 Å². The second kappa shape index (κ2) is 17.3. The molecule has 0 radical (unpaired) electrons. The monoisotopic (exact) mass is 630 g/mol. The van der Waals surface area contributed by atoms with E-state index in [1.54, 1.807) is 19.2 Å². The molecule has 1 atom stereocenters. The average Bonchev–Trinajstić information content (AvgIpc) is 3.10. The fourth-order valence-corrected chi connectivity index (χ4v) is 5.75. The Morgan fingerprint density at radius 2 is 0.913 bits per heavy atom. The molecule has 0 aliphatic heterocycles. The van der Waals surface area contributed by atoms with Crippen LogP contribution < -0.4 is 33.7 Å². The topological polar surface area (TPSA) is 72.5 Å². The summed E-state index contributed by atoms with van der Waals surface area (Å²) in [5.74, 6) is 2.76. The summed E-state index contributed by atoms with van der Waals surface area (Å²) in [5, 5.41) is 0.610. The van der Waals surface area contributed by atoms with Crippen LogP contribution in [0.15, 0.2) is 115 Å². The van der Waals surface area contributed by atoms with Gasteiger partial charge in [0.1, 0.15) is 59.9 Å². The van der Waals surface area contributed by atoms with Crippen LogP contribution in [0.5, 0.6) is 34.5 Å². The Labute approximate surface area is 283 Å². The average molecular weight is 631 g/mol. The van der Waals surface area contributed by atoms with Crippen molar-refractivity contribution in [2.24, 2.45) is 0 Å². The number of carbonyl (C=O) groups is 1. The van der Waals surface area contributed by atoms with Gasteiger partial charge >= 0.3 is 18.9 Å². The summed E-state index contributed by atoms with van der Waals surface area (Å²) < 4.78 is 35.6. The molecule has 0 bridgehead atoms. The van der Waals surface area contributed by atoms with E-state index < -0.39 is 0 Å². The molecule has 0 aliphatic carbocycles. The molecule has 46 heavy (non-hydrogen) atoms. The van der Waals surface area contributed by atoms with Crippen LogP contribution in [0.3, 0.4) is 0 Å². The fourth-order valence-electron chi connectivity index (χ4n) is 4.62. The summed E-state index contributed by atoms with van der Waals surface area (Å²) in [4.78, 5) is 14.1. The summed E-state index contributed by atoms with van der Waals surface area (Å²) in [6.45, 7) is 0.946. The summed E-state index contributed by atoms with van der Waals surface area (Å²) in [6, 6.07) is 36.6. The third-order valence-electron chi connectivity index (χ3n) is 6.94. The number of rotatable bonds is 15. The Morgan fingerprint density at radius 1 is 0.522 bits per heavy atom. The van der Waals surface area contributed by atoms with Gasteiger partial charge in [0.05, 0.1) is 26.6 Å². The van der Waals surface area contributed by atoms with Crippen molar-refractivity contribution in [3.63, 3.8) is 0 Å². The third kappa shape index (κ3) is 9.08. The van der Waals surface area contributed by atoms with Crippen LogP contribution in [-0.4, -0.2) is 45.7 Å². The minimum absolute atomic E-state index is 0. The van der Waals surface area contributed by atoms with E-state index in [0.29, 0.717) is 65.2 Å². The van der Waals surface area contributed by atoms with Crippen LogP contribution in [0.25, 0.3) is 0 Å². The van der Waals surface area contributed by atoms with E-state index in [9.17, 15) is 4.79 Å². The van der Waals surface area contributed by atoms with Gasteiger partial charge in [-0.15, -0.1) is 0 Å². The minimum atomic E-state index is -0.389. The number of hydrogen-bond acceptors (Lipinski definition) is 7. The molecular formula is C37H36LiO7P. The maximum atomic E-state index is 14.1. The van der Waals surface area contributed by atoms with E-state index in [1.807, 2.05) is 103 Å². The number of benzene rings is 5. The van der Waals surface area contributed by atoms with Gasteiger partial charge < -0.3 is 28.4 Å². The van der Waals surface area contributed by atoms with Gasteiger partial charge in [-0.25, -0.2) is 0 Å². The zero-order valence-corrected chi connectivity index (χ0v) is 26.4. The van der Waals surface area contributed by atoms with Crippen LogP contribution in [0, 0.1) is 0 Å². The number of carbonyl (C=O) groups excluding carboxylic acids is 1. The molecule has 0 aromatic heterocycles. The Morgan fingerprint density at radius 3 is 1.30 bits per heavy atom. The van der Waals surface area contributed by atoms with Gasteiger partial charge in [0.2, 0.25) is 0 Å². The molecule has 9 heteroatoms. The van der Waals surface area contributed by atoms with E-state index in [2.05, 4.69) is 0 Å². The molecule has 0 saturated heterocycles. The van der Waals surface area contributed by atoms with Crippen molar-refractivity contribution in [3.8, 4) is 34.5 Å². The van der Waals surface area contributed by atoms with Crippen molar-refractivity contribution in [3.05, 3.63) is 138 Å². The second-order valence-electron chi connectivity index (χ2n) is 9.98. The van der Waals surface area contributed by atoms with E-state index in [0.717, 1.165) is 16.7 Å². The van der Waals surface area contributed by atoms with Gasteiger partial charge in [0.25, 0.3) is 0 Å². The summed E-state index contributed by atoms with van der Waals surface area (Å²) in [7, 11) is 4.18. The standard InChI is InChI=1S/C37H35O7P.Li.H/c1-39-29-19-31(40-2)35(32(20-29)41-3)37(38)45-36-33(43-24-27-15-9-5-10-16-27)21-30(42-23-26-13-7-4-8-14-26)22-34(36)44-25-28-17-11-6-12-18-28;;/h4-22,45H,23-25H2,1-3H3;;. The van der Waals surface area contributed by atoms with Gasteiger partial charge in [-0.3, -0.25) is 4.79 Å². The Hall–Kier alpha value is -4.40. The van der Waals surface area contributed by atoms with E-state index in [4.69, 9.17) is 28.4 Å². The van der Waals surface area contributed by atoms with Crippen molar-refractivity contribution in [1.82, 2.24) is 0 Å². The molecule has 0 amide bonds. The van der Waals surface area contributed by atoms with Gasteiger partial charge in [-0.05, 0) is 25.3 Å². The maximum absolute atomic E-state index is 14.1. The Kier molecular flexibility index (Phi) is 13.0. The molecular weight excluding hydrogens is 594 g/mol. The molecule has 232 valence electrons. The second-order valence-corrected chi connectivity index (χ2v) is 11.2. The predicted octanol–water partition coefficient (Wildman–Crippen LogP) is 6.95. The van der Waals surface area contributed by atoms with Crippen molar-refractivity contribution in [1.29, 1.82) is 0 Å². The molecule has 7 nitrogen and oxygen atoms in total. The van der Waals surface area contributed by atoms with Crippen LogP contribution >= 0.6 is 8.58 Å². The van der Waals surface area contributed by atoms with Crippen molar-refractivity contribution >= 4 is 38.3 Å². The molecule has 0 spiro atoms. The normalized spacial score (nSPS) is 10.6. The molecule has 0 fully saturated rings. The van der Waals surface area contributed by atoms with Crippen LogP contribution in [0.2, 0.25) is 0 Å². The van der Waals surface area contributed by atoms with E-state index in [-0.39, 0.29) is 33.0 Å². The first-order valence-electron chi connectivity index (χ1n) is 14.4. The number of methoxy groups -OCH3 is 3.